The number of rotatable bonds is 10. The third-order valence-electron chi connectivity index (χ3n) is 3.23. The lowest BCUT2D eigenvalue weighted by molar-refractivity contribution is -0.141. The molecule has 0 aliphatic heterocycles. The molecule has 1 unspecified atom stereocenters. The second-order valence-electron chi connectivity index (χ2n) is 5.03. The SMILES string of the molecule is CCCCCNC(CC(=O)Nc1ccc(OC)cc1)C(=O)O. The van der Waals surface area contributed by atoms with Gasteiger partial charge in [-0.25, -0.2) is 0 Å². The number of amides is 1. The highest BCUT2D eigenvalue weighted by molar-refractivity contribution is 5.94. The van der Waals surface area contributed by atoms with E-state index in [0.29, 0.717) is 18.0 Å². The van der Waals surface area contributed by atoms with Gasteiger partial charge in [-0.3, -0.25) is 9.59 Å². The van der Waals surface area contributed by atoms with Crippen LogP contribution in [0.1, 0.15) is 32.6 Å². The maximum Gasteiger partial charge on any atom is 0.321 e. The van der Waals surface area contributed by atoms with Crippen molar-refractivity contribution in [2.75, 3.05) is 19.0 Å². The van der Waals surface area contributed by atoms with E-state index in [1.165, 1.54) is 0 Å². The zero-order chi connectivity index (χ0) is 16.4. The van der Waals surface area contributed by atoms with Crippen LogP contribution in [0, 0.1) is 0 Å². The molecular weight excluding hydrogens is 284 g/mol. The number of ether oxygens (including phenoxy) is 1. The number of nitrogens with one attached hydrogen (secondary N) is 2. The molecule has 1 amide bonds. The summed E-state index contributed by atoms with van der Waals surface area (Å²) in [5.41, 5.74) is 0.612. The lowest BCUT2D eigenvalue weighted by Crippen LogP contribution is -2.40. The summed E-state index contributed by atoms with van der Waals surface area (Å²) in [6, 6.07) is 6.01. The fraction of sp³-hybridized carbons (Fsp3) is 0.500. The van der Waals surface area contributed by atoms with Gasteiger partial charge in [0, 0.05) is 5.69 Å². The molecule has 0 bridgehead atoms. The van der Waals surface area contributed by atoms with E-state index in [-0.39, 0.29) is 12.3 Å². The van der Waals surface area contributed by atoms with Crippen LogP contribution in [0.3, 0.4) is 0 Å². The number of carbonyl (C=O) groups is 2. The first-order valence-corrected chi connectivity index (χ1v) is 7.47. The molecule has 1 atom stereocenters. The van der Waals surface area contributed by atoms with Gasteiger partial charge in [0.1, 0.15) is 11.8 Å². The number of carboxylic acid groups (broad SMARTS) is 1. The highest BCUT2D eigenvalue weighted by Gasteiger charge is 2.20. The van der Waals surface area contributed by atoms with Crippen LogP contribution in [0.4, 0.5) is 5.69 Å². The van der Waals surface area contributed by atoms with E-state index in [4.69, 9.17) is 9.84 Å². The highest BCUT2D eigenvalue weighted by Crippen LogP contribution is 2.15. The highest BCUT2D eigenvalue weighted by atomic mass is 16.5. The molecule has 0 aliphatic carbocycles. The molecule has 0 aromatic heterocycles. The van der Waals surface area contributed by atoms with Crippen molar-refractivity contribution < 1.29 is 19.4 Å². The Labute approximate surface area is 130 Å². The minimum atomic E-state index is -1.01. The zero-order valence-corrected chi connectivity index (χ0v) is 13.1. The molecule has 0 saturated carbocycles. The van der Waals surface area contributed by atoms with Crippen molar-refractivity contribution in [2.45, 2.75) is 38.6 Å². The molecule has 0 heterocycles. The quantitative estimate of drug-likeness (QED) is 0.577. The first kappa shape index (κ1) is 18.0. The van der Waals surface area contributed by atoms with E-state index < -0.39 is 12.0 Å². The Bertz CT molecular complexity index is 474. The molecule has 0 aliphatic rings. The van der Waals surface area contributed by atoms with Crippen LogP contribution >= 0.6 is 0 Å². The van der Waals surface area contributed by atoms with Gasteiger partial charge >= 0.3 is 5.97 Å². The Morgan fingerprint density at radius 2 is 1.91 bits per heavy atom. The molecule has 6 heteroatoms. The summed E-state index contributed by atoms with van der Waals surface area (Å²) >= 11 is 0. The van der Waals surface area contributed by atoms with Crippen LogP contribution in [-0.2, 0) is 9.59 Å². The molecule has 22 heavy (non-hydrogen) atoms. The van der Waals surface area contributed by atoms with Crippen molar-refractivity contribution in [1.82, 2.24) is 5.32 Å². The van der Waals surface area contributed by atoms with Crippen LogP contribution in [0.2, 0.25) is 0 Å². The van der Waals surface area contributed by atoms with Crippen LogP contribution in [0.15, 0.2) is 24.3 Å². The maximum atomic E-state index is 11.9. The lowest BCUT2D eigenvalue weighted by atomic mass is 10.1. The monoisotopic (exact) mass is 308 g/mol. The van der Waals surface area contributed by atoms with Gasteiger partial charge in [-0.05, 0) is 37.2 Å². The number of hydrogen-bond donors (Lipinski definition) is 3. The third kappa shape index (κ3) is 6.58. The predicted octanol–water partition coefficient (Wildman–Crippen LogP) is 2.26. The summed E-state index contributed by atoms with van der Waals surface area (Å²) in [7, 11) is 1.56. The van der Waals surface area contributed by atoms with Crippen LogP contribution in [0.25, 0.3) is 0 Å². The molecule has 1 aromatic carbocycles. The maximum absolute atomic E-state index is 11.9. The molecule has 0 spiro atoms. The van der Waals surface area contributed by atoms with Crippen molar-refractivity contribution in [3.63, 3.8) is 0 Å². The van der Waals surface area contributed by atoms with Crippen LogP contribution in [0.5, 0.6) is 5.75 Å². The molecule has 6 nitrogen and oxygen atoms in total. The first-order chi connectivity index (χ1) is 10.6. The minimum Gasteiger partial charge on any atom is -0.497 e. The Morgan fingerprint density at radius 3 is 2.45 bits per heavy atom. The summed E-state index contributed by atoms with van der Waals surface area (Å²) in [6.45, 7) is 2.68. The van der Waals surface area contributed by atoms with E-state index in [1.807, 2.05) is 0 Å². The van der Waals surface area contributed by atoms with Crippen LogP contribution in [-0.4, -0.2) is 36.7 Å². The van der Waals surface area contributed by atoms with Crippen molar-refractivity contribution in [3.8, 4) is 5.75 Å². The summed E-state index contributed by atoms with van der Waals surface area (Å²) in [4.78, 5) is 23.1. The molecule has 122 valence electrons. The first-order valence-electron chi connectivity index (χ1n) is 7.47. The minimum absolute atomic E-state index is 0.104. The average molecular weight is 308 g/mol. The van der Waals surface area contributed by atoms with E-state index in [1.54, 1.807) is 31.4 Å². The number of carbonyl (C=O) groups excluding carboxylic acids is 1. The number of anilines is 1. The summed E-state index contributed by atoms with van der Waals surface area (Å²) in [5.74, 6) is -0.652. The van der Waals surface area contributed by atoms with Crippen LogP contribution < -0.4 is 15.4 Å². The van der Waals surface area contributed by atoms with Crippen molar-refractivity contribution in [2.24, 2.45) is 0 Å². The van der Waals surface area contributed by atoms with E-state index in [2.05, 4.69) is 17.6 Å². The number of aliphatic carboxylic acids is 1. The molecule has 0 fully saturated rings. The Hall–Kier alpha value is -2.08. The summed E-state index contributed by atoms with van der Waals surface area (Å²) in [6.07, 6.45) is 2.91. The van der Waals surface area contributed by atoms with Crippen molar-refractivity contribution in [1.29, 1.82) is 0 Å². The standard InChI is InChI=1S/C16H24N2O4/c1-3-4-5-10-17-14(16(20)21)11-15(19)18-12-6-8-13(22-2)9-7-12/h6-9,14,17H,3-5,10-11H2,1-2H3,(H,18,19)(H,20,21). The third-order valence-corrected chi connectivity index (χ3v) is 3.23. The van der Waals surface area contributed by atoms with E-state index in [9.17, 15) is 9.59 Å². The number of unbranched alkanes of at least 4 members (excludes halogenated alkanes) is 2. The Kier molecular flexibility index (Phi) is 7.99. The topological polar surface area (TPSA) is 87.7 Å². The summed E-state index contributed by atoms with van der Waals surface area (Å²) < 4.78 is 5.03. The normalized spacial score (nSPS) is 11.7. The van der Waals surface area contributed by atoms with Gasteiger partial charge in [-0.2, -0.15) is 0 Å². The molecule has 0 saturated heterocycles. The fourth-order valence-electron chi connectivity index (χ4n) is 1.97. The molecule has 0 radical (unpaired) electrons. The van der Waals surface area contributed by atoms with Gasteiger partial charge in [-0.15, -0.1) is 0 Å². The molecule has 3 N–H and O–H groups in total. The van der Waals surface area contributed by atoms with Gasteiger partial charge in [0.2, 0.25) is 5.91 Å². The predicted molar refractivity (Wildman–Crippen MR) is 85.2 cm³/mol. The fourth-order valence-corrected chi connectivity index (χ4v) is 1.97. The van der Waals surface area contributed by atoms with E-state index in [0.717, 1.165) is 19.3 Å². The number of methoxy groups -OCH3 is 1. The van der Waals surface area contributed by atoms with Gasteiger partial charge in [0.15, 0.2) is 0 Å². The largest absolute Gasteiger partial charge is 0.497 e. The van der Waals surface area contributed by atoms with Gasteiger partial charge in [0.25, 0.3) is 0 Å². The molecular formula is C16H24N2O4. The number of benzene rings is 1. The van der Waals surface area contributed by atoms with Gasteiger partial charge in [-0.1, -0.05) is 19.8 Å². The van der Waals surface area contributed by atoms with Crippen molar-refractivity contribution in [3.05, 3.63) is 24.3 Å². The lowest BCUT2D eigenvalue weighted by Gasteiger charge is -2.14. The van der Waals surface area contributed by atoms with E-state index >= 15 is 0 Å². The Balaban J connectivity index is 2.46. The zero-order valence-electron chi connectivity index (χ0n) is 13.1. The smallest absolute Gasteiger partial charge is 0.321 e. The molecule has 1 aromatic rings. The van der Waals surface area contributed by atoms with Gasteiger partial charge in [0.05, 0.1) is 13.5 Å². The average Bonchev–Trinajstić information content (AvgIpc) is 2.51. The number of carboxylic acids is 1. The second kappa shape index (κ2) is 9.78. The van der Waals surface area contributed by atoms with Gasteiger partial charge < -0.3 is 20.5 Å². The molecule has 1 rings (SSSR count). The number of hydrogen-bond acceptors (Lipinski definition) is 4. The second-order valence-corrected chi connectivity index (χ2v) is 5.03. The Morgan fingerprint density at radius 1 is 1.23 bits per heavy atom. The van der Waals surface area contributed by atoms with Crippen molar-refractivity contribution >= 4 is 17.6 Å². The summed E-state index contributed by atoms with van der Waals surface area (Å²) in [5, 5.41) is 14.7.